The third-order valence-electron chi connectivity index (χ3n) is 5.84. The number of morpholine rings is 1. The Morgan fingerprint density at radius 2 is 1.74 bits per heavy atom. The van der Waals surface area contributed by atoms with Crippen LogP contribution in [-0.2, 0) is 28.9 Å². The summed E-state index contributed by atoms with van der Waals surface area (Å²) in [6.07, 6.45) is 3.67. The average molecular weight is 439 g/mol. The van der Waals surface area contributed by atoms with Gasteiger partial charge in [-0.05, 0) is 74.1 Å². The lowest BCUT2D eigenvalue weighted by Gasteiger charge is -2.35. The van der Waals surface area contributed by atoms with Gasteiger partial charge in [0.25, 0.3) is 5.91 Å². The Hall–Kier alpha value is -2.31. The maximum atomic E-state index is 12.8. The Labute approximate surface area is 188 Å². The van der Waals surface area contributed by atoms with Crippen molar-refractivity contribution in [1.29, 1.82) is 0 Å². The molecule has 1 aliphatic carbocycles. The molecule has 0 spiro atoms. The van der Waals surface area contributed by atoms with Gasteiger partial charge in [0.1, 0.15) is 0 Å². The van der Waals surface area contributed by atoms with Gasteiger partial charge in [-0.2, -0.15) is 0 Å². The van der Waals surface area contributed by atoms with Gasteiger partial charge in [-0.1, -0.05) is 18.2 Å². The number of carbonyl (C=O) groups is 2. The summed E-state index contributed by atoms with van der Waals surface area (Å²) in [6, 6.07) is 14.0. The van der Waals surface area contributed by atoms with Crippen LogP contribution in [0.15, 0.2) is 47.4 Å². The van der Waals surface area contributed by atoms with Crippen molar-refractivity contribution in [2.24, 2.45) is 0 Å². The molecular formula is C25H30N2O3S. The molecular weight excluding hydrogens is 408 g/mol. The highest BCUT2D eigenvalue weighted by Crippen LogP contribution is 2.27. The second kappa shape index (κ2) is 9.88. The summed E-state index contributed by atoms with van der Waals surface area (Å²) in [5.41, 5.74) is 4.54. The van der Waals surface area contributed by atoms with Crippen molar-refractivity contribution < 1.29 is 14.3 Å². The molecule has 0 aromatic heterocycles. The normalized spacial score (nSPS) is 20.4. The minimum absolute atomic E-state index is 0.0157. The van der Waals surface area contributed by atoms with Crippen LogP contribution in [0.3, 0.4) is 0 Å². The van der Waals surface area contributed by atoms with Gasteiger partial charge in [0.05, 0.1) is 18.0 Å². The van der Waals surface area contributed by atoms with Crippen LogP contribution in [0.5, 0.6) is 0 Å². The molecule has 5 nitrogen and oxygen atoms in total. The zero-order chi connectivity index (χ0) is 21.8. The molecule has 0 saturated carbocycles. The second-order valence-electron chi connectivity index (χ2n) is 8.51. The Bertz CT molecular complexity index is 934. The first kappa shape index (κ1) is 21.9. The summed E-state index contributed by atoms with van der Waals surface area (Å²) < 4.78 is 5.71. The fraction of sp³-hybridized carbons (Fsp3) is 0.440. The van der Waals surface area contributed by atoms with Crippen LogP contribution in [0.25, 0.3) is 0 Å². The molecule has 2 unspecified atom stereocenters. The highest BCUT2D eigenvalue weighted by atomic mass is 32.2. The topological polar surface area (TPSA) is 58.6 Å². The minimum Gasteiger partial charge on any atom is -0.372 e. The van der Waals surface area contributed by atoms with Crippen molar-refractivity contribution in [3.8, 4) is 0 Å². The van der Waals surface area contributed by atoms with Crippen LogP contribution >= 0.6 is 11.8 Å². The molecule has 2 aromatic carbocycles. The van der Waals surface area contributed by atoms with Crippen molar-refractivity contribution in [3.63, 3.8) is 0 Å². The number of nitrogens with one attached hydrogen (secondary N) is 1. The van der Waals surface area contributed by atoms with Gasteiger partial charge < -0.3 is 15.0 Å². The molecule has 1 saturated heterocycles. The summed E-state index contributed by atoms with van der Waals surface area (Å²) in [4.78, 5) is 28.0. The van der Waals surface area contributed by atoms with Crippen molar-refractivity contribution in [3.05, 3.63) is 64.7 Å². The molecule has 1 heterocycles. The average Bonchev–Trinajstić information content (AvgIpc) is 3.23. The molecule has 164 valence electrons. The van der Waals surface area contributed by atoms with E-state index >= 15 is 0 Å². The standard InChI is InChI=1S/C25H30N2O3S/c1-17-14-27(15-18(2)30-17)25(29)21-8-6-19(7-9-21)13-26-24(28)16-31-23-11-10-20-4-3-5-22(20)12-23/h6-12,17-18H,3-5,13-16H2,1-2H3,(H,26,28). The smallest absolute Gasteiger partial charge is 0.254 e. The van der Waals surface area contributed by atoms with Crippen molar-refractivity contribution in [2.45, 2.75) is 56.8 Å². The van der Waals surface area contributed by atoms with E-state index in [9.17, 15) is 9.59 Å². The summed E-state index contributed by atoms with van der Waals surface area (Å²) in [5.74, 6) is 0.452. The van der Waals surface area contributed by atoms with E-state index in [-0.39, 0.29) is 24.0 Å². The van der Waals surface area contributed by atoms with Crippen LogP contribution in [-0.4, -0.2) is 47.8 Å². The van der Waals surface area contributed by atoms with Crippen LogP contribution in [0.4, 0.5) is 0 Å². The number of benzene rings is 2. The number of carbonyl (C=O) groups excluding carboxylic acids is 2. The van der Waals surface area contributed by atoms with Gasteiger partial charge in [0.15, 0.2) is 0 Å². The number of ether oxygens (including phenoxy) is 1. The molecule has 1 aliphatic heterocycles. The zero-order valence-corrected chi connectivity index (χ0v) is 19.0. The fourth-order valence-corrected chi connectivity index (χ4v) is 5.12. The van der Waals surface area contributed by atoms with Crippen molar-refractivity contribution in [2.75, 3.05) is 18.8 Å². The second-order valence-corrected chi connectivity index (χ2v) is 9.56. The lowest BCUT2D eigenvalue weighted by atomic mass is 10.1. The van der Waals surface area contributed by atoms with Crippen molar-refractivity contribution in [1.82, 2.24) is 10.2 Å². The van der Waals surface area contributed by atoms with Gasteiger partial charge in [-0.15, -0.1) is 11.8 Å². The molecule has 2 aromatic rings. The number of hydrogen-bond acceptors (Lipinski definition) is 4. The number of nitrogens with zero attached hydrogens (tertiary/aromatic N) is 1. The van der Waals surface area contributed by atoms with E-state index in [1.54, 1.807) is 11.8 Å². The predicted octanol–water partition coefficient (Wildman–Crippen LogP) is 3.83. The largest absolute Gasteiger partial charge is 0.372 e. The van der Waals surface area contributed by atoms with E-state index in [4.69, 9.17) is 4.74 Å². The van der Waals surface area contributed by atoms with Crippen molar-refractivity contribution >= 4 is 23.6 Å². The Morgan fingerprint density at radius 3 is 2.48 bits per heavy atom. The monoisotopic (exact) mass is 438 g/mol. The first-order valence-electron chi connectivity index (χ1n) is 11.0. The molecule has 4 rings (SSSR count). The predicted molar refractivity (Wildman–Crippen MR) is 123 cm³/mol. The molecule has 0 bridgehead atoms. The number of fused-ring (bicyclic) bond motifs is 1. The van der Waals surface area contributed by atoms with Gasteiger partial charge >= 0.3 is 0 Å². The lowest BCUT2D eigenvalue weighted by molar-refractivity contribution is -0.118. The minimum atomic E-state index is 0.0157. The molecule has 0 radical (unpaired) electrons. The Morgan fingerprint density at radius 1 is 1.03 bits per heavy atom. The first-order valence-corrected chi connectivity index (χ1v) is 12.0. The molecule has 1 fully saturated rings. The van der Waals surface area contributed by atoms with Gasteiger partial charge in [0.2, 0.25) is 5.91 Å². The van der Waals surface area contributed by atoms with E-state index < -0.39 is 0 Å². The van der Waals surface area contributed by atoms with Gasteiger partial charge in [-0.25, -0.2) is 0 Å². The highest BCUT2D eigenvalue weighted by Gasteiger charge is 2.26. The summed E-state index contributed by atoms with van der Waals surface area (Å²) in [5, 5.41) is 2.97. The molecule has 2 amide bonds. The summed E-state index contributed by atoms with van der Waals surface area (Å²) in [6.45, 7) is 5.67. The van der Waals surface area contributed by atoms with Crippen LogP contribution in [0, 0.1) is 0 Å². The quantitative estimate of drug-likeness (QED) is 0.697. The summed E-state index contributed by atoms with van der Waals surface area (Å²) >= 11 is 1.58. The summed E-state index contributed by atoms with van der Waals surface area (Å²) in [7, 11) is 0. The van der Waals surface area contributed by atoms with Gasteiger partial charge in [-0.3, -0.25) is 9.59 Å². The highest BCUT2D eigenvalue weighted by molar-refractivity contribution is 8.00. The van der Waals surface area contributed by atoms with E-state index in [1.165, 1.54) is 24.0 Å². The van der Waals surface area contributed by atoms with E-state index in [2.05, 4.69) is 23.5 Å². The molecule has 6 heteroatoms. The lowest BCUT2D eigenvalue weighted by Crippen LogP contribution is -2.48. The Kier molecular flexibility index (Phi) is 6.98. The number of rotatable bonds is 6. The molecule has 2 aliphatic rings. The number of hydrogen-bond donors (Lipinski definition) is 1. The van der Waals surface area contributed by atoms with E-state index in [0.717, 1.165) is 16.9 Å². The first-order chi connectivity index (χ1) is 15.0. The molecule has 1 N–H and O–H groups in total. The maximum absolute atomic E-state index is 12.8. The van der Waals surface area contributed by atoms with Crippen LogP contribution in [0.2, 0.25) is 0 Å². The van der Waals surface area contributed by atoms with E-state index in [1.807, 2.05) is 43.0 Å². The molecule has 2 atom stereocenters. The van der Waals surface area contributed by atoms with Gasteiger partial charge in [0, 0.05) is 30.1 Å². The third-order valence-corrected chi connectivity index (χ3v) is 6.83. The maximum Gasteiger partial charge on any atom is 0.254 e. The molecule has 31 heavy (non-hydrogen) atoms. The van der Waals surface area contributed by atoms with E-state index in [0.29, 0.717) is 31.0 Å². The SMILES string of the molecule is CC1CN(C(=O)c2ccc(CNC(=O)CSc3ccc4c(c3)CCC4)cc2)CC(C)O1. The number of thioether (sulfide) groups is 1. The number of aryl methyl sites for hydroxylation is 2. The zero-order valence-electron chi connectivity index (χ0n) is 18.2. The Balaban J connectivity index is 1.24. The van der Waals surface area contributed by atoms with Crippen LogP contribution < -0.4 is 5.32 Å². The fourth-order valence-electron chi connectivity index (χ4n) is 4.33. The van der Waals surface area contributed by atoms with Crippen LogP contribution in [0.1, 0.15) is 47.3 Å². The third kappa shape index (κ3) is 5.69. The number of amides is 2.